The molecule has 1 aliphatic carbocycles. The first kappa shape index (κ1) is 21.5. The summed E-state index contributed by atoms with van der Waals surface area (Å²) >= 11 is 0.957. The molecular weight excluding hydrogens is 430 g/mol. The fraction of sp³-hybridized carbons (Fsp3) is 0.217. The van der Waals surface area contributed by atoms with E-state index in [4.69, 9.17) is 9.84 Å². The number of ether oxygens (including phenoxy) is 1. The maximum atomic E-state index is 12.4. The van der Waals surface area contributed by atoms with Crippen molar-refractivity contribution in [3.05, 3.63) is 70.2 Å². The number of amides is 2. The third-order valence-electron chi connectivity index (χ3n) is 5.27. The van der Waals surface area contributed by atoms with Crippen molar-refractivity contribution < 1.29 is 24.2 Å². The predicted molar refractivity (Wildman–Crippen MR) is 120 cm³/mol. The molecule has 1 atom stereocenters. The lowest BCUT2D eigenvalue weighted by atomic mass is 9.98. The molecule has 0 fully saturated rings. The molecule has 2 aromatic carbocycles. The number of hydrogen-bond donors (Lipinski definition) is 3. The number of nitrogens with one attached hydrogen (secondary N) is 2. The molecule has 4 rings (SSSR count). The van der Waals surface area contributed by atoms with E-state index in [-0.39, 0.29) is 22.5 Å². The number of carbonyl (C=O) groups is 3. The summed E-state index contributed by atoms with van der Waals surface area (Å²) in [6.07, 6.45) is -0.675. The zero-order valence-electron chi connectivity index (χ0n) is 17.4. The van der Waals surface area contributed by atoms with E-state index in [0.717, 1.165) is 33.6 Å². The molecular formula is C23H21N3O5S. The normalized spacial score (nSPS) is 13.1. The number of carboxylic acids is 1. The van der Waals surface area contributed by atoms with Crippen LogP contribution in [0.3, 0.4) is 0 Å². The number of carboxylic acid groups (broad SMARTS) is 1. The molecule has 0 unspecified atom stereocenters. The number of anilines is 1. The summed E-state index contributed by atoms with van der Waals surface area (Å²) in [6.45, 7) is 3.14. The molecule has 0 radical (unpaired) electrons. The van der Waals surface area contributed by atoms with Crippen molar-refractivity contribution in [2.75, 3.05) is 11.9 Å². The fourth-order valence-corrected chi connectivity index (χ4v) is 4.56. The number of carbonyl (C=O) groups excluding carboxylic acids is 2. The van der Waals surface area contributed by atoms with Crippen molar-refractivity contribution in [3.63, 3.8) is 0 Å². The number of aromatic nitrogens is 1. The van der Waals surface area contributed by atoms with Crippen molar-refractivity contribution in [2.24, 2.45) is 0 Å². The number of aliphatic carboxylic acids is 1. The molecule has 9 heteroatoms. The van der Waals surface area contributed by atoms with E-state index in [1.165, 1.54) is 6.92 Å². The van der Waals surface area contributed by atoms with Gasteiger partial charge >= 0.3 is 12.1 Å². The third kappa shape index (κ3) is 4.19. The minimum atomic E-state index is -1.14. The van der Waals surface area contributed by atoms with Gasteiger partial charge in [0.1, 0.15) is 17.5 Å². The van der Waals surface area contributed by atoms with E-state index in [1.54, 1.807) is 6.92 Å². The Bertz CT molecular complexity index is 1160. The van der Waals surface area contributed by atoms with Gasteiger partial charge in [-0.2, -0.15) is 0 Å². The van der Waals surface area contributed by atoms with Gasteiger partial charge in [-0.1, -0.05) is 59.9 Å². The van der Waals surface area contributed by atoms with Crippen LogP contribution in [0.25, 0.3) is 11.1 Å². The van der Waals surface area contributed by atoms with Crippen molar-refractivity contribution in [2.45, 2.75) is 25.8 Å². The van der Waals surface area contributed by atoms with Crippen molar-refractivity contribution in [3.8, 4) is 11.1 Å². The highest BCUT2D eigenvalue weighted by Crippen LogP contribution is 2.44. The van der Waals surface area contributed by atoms with E-state index in [9.17, 15) is 14.4 Å². The topological polar surface area (TPSA) is 118 Å². The van der Waals surface area contributed by atoms with Gasteiger partial charge in [-0.3, -0.25) is 14.9 Å². The van der Waals surface area contributed by atoms with E-state index in [1.807, 2.05) is 36.4 Å². The van der Waals surface area contributed by atoms with Crippen LogP contribution in [0.15, 0.2) is 48.5 Å². The first-order valence-corrected chi connectivity index (χ1v) is 10.8. The summed E-state index contributed by atoms with van der Waals surface area (Å²) in [5, 5.41) is 14.1. The molecule has 3 N–H and O–H groups in total. The van der Waals surface area contributed by atoms with Gasteiger partial charge in [-0.15, -0.1) is 0 Å². The Labute approximate surface area is 188 Å². The average Bonchev–Trinajstić information content (AvgIpc) is 3.29. The maximum absolute atomic E-state index is 12.4. The molecule has 0 bridgehead atoms. The summed E-state index contributed by atoms with van der Waals surface area (Å²) in [5.41, 5.74) is 4.88. The van der Waals surface area contributed by atoms with Gasteiger partial charge in [0, 0.05) is 5.92 Å². The van der Waals surface area contributed by atoms with Crippen molar-refractivity contribution in [1.29, 1.82) is 0 Å². The standard InChI is InChI=1S/C23H21N3O5S/c1-12-19(20(27)24-13(2)21(28)29)32-22(25-12)26-23(30)31-11-18-16-9-5-3-7-14(16)15-8-4-6-10-17(15)18/h3-10,13,18H,11H2,1-2H3,(H,24,27)(H,28,29)(H,25,26,30)/t13-/m0/s1. The quantitative estimate of drug-likeness (QED) is 0.521. The molecule has 0 spiro atoms. The summed E-state index contributed by atoms with van der Waals surface area (Å²) < 4.78 is 5.49. The molecule has 2 amide bonds. The van der Waals surface area contributed by atoms with Gasteiger partial charge in [0.05, 0.1) is 5.69 Å². The molecule has 0 saturated heterocycles. The predicted octanol–water partition coefficient (Wildman–Crippen LogP) is 4.02. The molecule has 0 aliphatic heterocycles. The summed E-state index contributed by atoms with van der Waals surface area (Å²) in [7, 11) is 0. The first-order valence-electron chi connectivity index (χ1n) is 9.98. The zero-order chi connectivity index (χ0) is 22.8. The number of rotatable bonds is 6. The maximum Gasteiger partial charge on any atom is 0.413 e. The Kier molecular flexibility index (Phi) is 5.91. The smallest absolute Gasteiger partial charge is 0.413 e. The Balaban J connectivity index is 1.41. The molecule has 1 aliphatic rings. The zero-order valence-corrected chi connectivity index (χ0v) is 18.2. The lowest BCUT2D eigenvalue weighted by Crippen LogP contribution is -2.38. The SMILES string of the molecule is Cc1nc(NC(=O)OCC2c3ccccc3-c3ccccc32)sc1C(=O)N[C@@H](C)C(=O)O. The van der Waals surface area contributed by atoms with Crippen molar-refractivity contribution in [1.82, 2.24) is 10.3 Å². The van der Waals surface area contributed by atoms with Gasteiger partial charge < -0.3 is 15.2 Å². The van der Waals surface area contributed by atoms with Crippen LogP contribution in [0, 0.1) is 6.92 Å². The van der Waals surface area contributed by atoms with Gasteiger partial charge in [-0.25, -0.2) is 9.78 Å². The monoisotopic (exact) mass is 451 g/mol. The van der Waals surface area contributed by atoms with Crippen molar-refractivity contribution >= 4 is 34.4 Å². The summed E-state index contributed by atoms with van der Waals surface area (Å²) in [6, 6.07) is 15.1. The van der Waals surface area contributed by atoms with E-state index in [2.05, 4.69) is 27.8 Å². The Morgan fingerprint density at radius 3 is 2.28 bits per heavy atom. The molecule has 0 saturated carbocycles. The number of hydrogen-bond acceptors (Lipinski definition) is 6. The molecule has 8 nitrogen and oxygen atoms in total. The highest BCUT2D eigenvalue weighted by Gasteiger charge is 2.29. The Hall–Kier alpha value is -3.72. The Morgan fingerprint density at radius 2 is 1.69 bits per heavy atom. The van der Waals surface area contributed by atoms with E-state index < -0.39 is 24.0 Å². The van der Waals surface area contributed by atoms with Crippen LogP contribution in [0.4, 0.5) is 9.93 Å². The second-order valence-corrected chi connectivity index (χ2v) is 8.42. The fourth-order valence-electron chi connectivity index (χ4n) is 3.71. The number of aryl methyl sites for hydroxylation is 1. The molecule has 1 aromatic heterocycles. The summed E-state index contributed by atoms with van der Waals surface area (Å²) in [4.78, 5) is 40.0. The number of thiazole rings is 1. The number of benzene rings is 2. The minimum Gasteiger partial charge on any atom is -0.480 e. The molecule has 1 heterocycles. The van der Waals surface area contributed by atoms with Gasteiger partial charge in [0.2, 0.25) is 0 Å². The largest absolute Gasteiger partial charge is 0.480 e. The summed E-state index contributed by atoms with van der Waals surface area (Å²) in [5.74, 6) is -1.77. The first-order chi connectivity index (χ1) is 15.3. The average molecular weight is 452 g/mol. The number of nitrogens with zero attached hydrogens (tertiary/aromatic N) is 1. The lowest BCUT2D eigenvalue weighted by molar-refractivity contribution is -0.138. The highest BCUT2D eigenvalue weighted by molar-refractivity contribution is 7.17. The van der Waals surface area contributed by atoms with E-state index in [0.29, 0.717) is 5.69 Å². The number of fused-ring (bicyclic) bond motifs is 3. The van der Waals surface area contributed by atoms with Crippen LogP contribution >= 0.6 is 11.3 Å². The van der Waals surface area contributed by atoms with Gasteiger partial charge in [-0.05, 0) is 36.1 Å². The van der Waals surface area contributed by atoms with Crippen LogP contribution in [-0.4, -0.2) is 40.7 Å². The Morgan fingerprint density at radius 1 is 1.09 bits per heavy atom. The highest BCUT2D eigenvalue weighted by atomic mass is 32.1. The van der Waals surface area contributed by atoms with Crippen LogP contribution in [-0.2, 0) is 9.53 Å². The molecule has 32 heavy (non-hydrogen) atoms. The van der Waals surface area contributed by atoms with Gasteiger partial charge in [0.15, 0.2) is 5.13 Å². The van der Waals surface area contributed by atoms with Crippen LogP contribution in [0.5, 0.6) is 0 Å². The van der Waals surface area contributed by atoms with E-state index >= 15 is 0 Å². The second-order valence-electron chi connectivity index (χ2n) is 7.42. The second kappa shape index (κ2) is 8.80. The van der Waals surface area contributed by atoms with Crippen LogP contribution in [0.2, 0.25) is 0 Å². The van der Waals surface area contributed by atoms with Crippen LogP contribution < -0.4 is 10.6 Å². The molecule has 3 aromatic rings. The minimum absolute atomic E-state index is 0.0648. The third-order valence-corrected chi connectivity index (χ3v) is 6.35. The lowest BCUT2D eigenvalue weighted by Gasteiger charge is -2.14. The van der Waals surface area contributed by atoms with Gasteiger partial charge in [0.25, 0.3) is 5.91 Å². The van der Waals surface area contributed by atoms with Crippen LogP contribution in [0.1, 0.15) is 39.3 Å². The molecule has 164 valence electrons.